The molecule has 1 aromatic rings. The summed E-state index contributed by atoms with van der Waals surface area (Å²) in [7, 11) is 2.14. The molecular formula is C13H21N3. The van der Waals surface area contributed by atoms with Crippen LogP contribution in [0.1, 0.15) is 30.9 Å². The van der Waals surface area contributed by atoms with E-state index in [1.165, 1.54) is 24.0 Å². The van der Waals surface area contributed by atoms with Crippen LogP contribution in [0.2, 0.25) is 0 Å². The normalized spacial score (nSPS) is 17.2. The highest BCUT2D eigenvalue weighted by Crippen LogP contribution is 2.30. The van der Waals surface area contributed by atoms with E-state index in [0.717, 1.165) is 12.2 Å². The average Bonchev–Trinajstić information content (AvgIpc) is 2.99. The van der Waals surface area contributed by atoms with E-state index in [1.807, 2.05) is 13.1 Å². The first kappa shape index (κ1) is 11.4. The van der Waals surface area contributed by atoms with E-state index in [9.17, 15) is 0 Å². The Balaban J connectivity index is 2.15. The first-order chi connectivity index (χ1) is 7.58. The lowest BCUT2D eigenvalue weighted by Crippen LogP contribution is -2.22. The smallest absolute Gasteiger partial charge is 0.131 e. The molecular weight excluding hydrogens is 198 g/mol. The maximum atomic E-state index is 5.79. The fraction of sp³-hybridized carbons (Fsp3) is 0.615. The molecule has 1 aromatic heterocycles. The molecule has 3 heteroatoms. The number of pyridine rings is 1. The number of nitrogens with zero attached hydrogens (tertiary/aromatic N) is 2. The summed E-state index contributed by atoms with van der Waals surface area (Å²) in [5, 5.41) is 0. The van der Waals surface area contributed by atoms with Crippen molar-refractivity contribution in [1.29, 1.82) is 0 Å². The second kappa shape index (κ2) is 4.42. The van der Waals surface area contributed by atoms with Crippen molar-refractivity contribution in [2.45, 2.75) is 45.2 Å². The predicted molar refractivity (Wildman–Crippen MR) is 67.8 cm³/mol. The molecule has 0 amide bonds. The third kappa shape index (κ3) is 2.53. The fourth-order valence-electron chi connectivity index (χ4n) is 2.11. The molecule has 0 aromatic carbocycles. The Labute approximate surface area is 97.7 Å². The molecule has 0 spiro atoms. The van der Waals surface area contributed by atoms with Crippen molar-refractivity contribution >= 4 is 5.82 Å². The van der Waals surface area contributed by atoms with Crippen LogP contribution in [0.5, 0.6) is 0 Å². The largest absolute Gasteiger partial charge is 0.356 e. The molecule has 0 bridgehead atoms. The number of aromatic nitrogens is 1. The van der Waals surface area contributed by atoms with E-state index < -0.39 is 0 Å². The Kier molecular flexibility index (Phi) is 3.15. The van der Waals surface area contributed by atoms with E-state index in [-0.39, 0.29) is 6.04 Å². The van der Waals surface area contributed by atoms with E-state index >= 15 is 0 Å². The molecule has 88 valence electrons. The number of hydrogen-bond donors (Lipinski definition) is 1. The number of aryl methyl sites for hydroxylation is 1. The molecule has 0 saturated heterocycles. The Morgan fingerprint density at radius 1 is 1.56 bits per heavy atom. The van der Waals surface area contributed by atoms with Gasteiger partial charge >= 0.3 is 0 Å². The van der Waals surface area contributed by atoms with Gasteiger partial charge in [0, 0.05) is 25.3 Å². The second-order valence-corrected chi connectivity index (χ2v) is 5.01. The van der Waals surface area contributed by atoms with Crippen LogP contribution >= 0.6 is 0 Å². The minimum absolute atomic E-state index is 0.202. The zero-order chi connectivity index (χ0) is 11.7. The maximum Gasteiger partial charge on any atom is 0.131 e. The quantitative estimate of drug-likeness (QED) is 0.840. The third-order valence-corrected chi connectivity index (χ3v) is 3.09. The van der Waals surface area contributed by atoms with Gasteiger partial charge in [-0.15, -0.1) is 0 Å². The van der Waals surface area contributed by atoms with Crippen molar-refractivity contribution in [3.63, 3.8) is 0 Å². The Morgan fingerprint density at radius 3 is 2.75 bits per heavy atom. The van der Waals surface area contributed by atoms with Gasteiger partial charge in [-0.05, 0) is 44.2 Å². The highest BCUT2D eigenvalue weighted by atomic mass is 15.2. The molecule has 1 unspecified atom stereocenters. The van der Waals surface area contributed by atoms with Crippen LogP contribution in [0.15, 0.2) is 12.3 Å². The molecule has 1 atom stereocenters. The maximum absolute atomic E-state index is 5.79. The van der Waals surface area contributed by atoms with E-state index in [2.05, 4.69) is 29.9 Å². The van der Waals surface area contributed by atoms with Crippen LogP contribution in [0.4, 0.5) is 5.82 Å². The van der Waals surface area contributed by atoms with Gasteiger partial charge in [-0.3, -0.25) is 0 Å². The van der Waals surface area contributed by atoms with Crippen molar-refractivity contribution in [3.8, 4) is 0 Å². The van der Waals surface area contributed by atoms with Gasteiger partial charge in [-0.1, -0.05) is 6.07 Å². The molecule has 0 radical (unpaired) electrons. The van der Waals surface area contributed by atoms with Crippen LogP contribution in [0, 0.1) is 6.92 Å². The lowest BCUT2D eigenvalue weighted by Gasteiger charge is -2.20. The van der Waals surface area contributed by atoms with Gasteiger partial charge in [0.05, 0.1) is 0 Å². The van der Waals surface area contributed by atoms with Crippen LogP contribution in [0.3, 0.4) is 0 Å². The zero-order valence-electron chi connectivity index (χ0n) is 10.4. The zero-order valence-corrected chi connectivity index (χ0v) is 10.4. The first-order valence-electron chi connectivity index (χ1n) is 6.02. The van der Waals surface area contributed by atoms with E-state index in [0.29, 0.717) is 6.04 Å². The molecule has 1 saturated carbocycles. The summed E-state index contributed by atoms with van der Waals surface area (Å²) in [4.78, 5) is 6.86. The molecule has 3 nitrogen and oxygen atoms in total. The predicted octanol–water partition coefficient (Wildman–Crippen LogP) is 1.88. The van der Waals surface area contributed by atoms with Crippen molar-refractivity contribution < 1.29 is 0 Å². The minimum atomic E-state index is 0.202. The number of hydrogen-bond acceptors (Lipinski definition) is 3. The standard InChI is InChI=1S/C13H21N3/c1-9-6-11(7-10(2)14)8-15-13(9)16(3)12-4-5-12/h6,8,10,12H,4-5,7,14H2,1-3H3. The summed E-state index contributed by atoms with van der Waals surface area (Å²) in [6, 6.07) is 3.13. The SMILES string of the molecule is Cc1cc(CC(C)N)cnc1N(C)C1CC1. The molecule has 0 aliphatic heterocycles. The topological polar surface area (TPSA) is 42.1 Å². The van der Waals surface area contributed by atoms with Gasteiger partial charge in [-0.25, -0.2) is 4.98 Å². The molecule has 1 aliphatic carbocycles. The van der Waals surface area contributed by atoms with Gasteiger partial charge < -0.3 is 10.6 Å². The number of nitrogens with two attached hydrogens (primary N) is 1. The Bertz CT molecular complexity index is 369. The fourth-order valence-corrected chi connectivity index (χ4v) is 2.11. The highest BCUT2D eigenvalue weighted by Gasteiger charge is 2.27. The van der Waals surface area contributed by atoms with Crippen LogP contribution < -0.4 is 10.6 Å². The lowest BCUT2D eigenvalue weighted by atomic mass is 10.1. The monoisotopic (exact) mass is 219 g/mol. The molecule has 16 heavy (non-hydrogen) atoms. The van der Waals surface area contributed by atoms with Gasteiger partial charge in [0.2, 0.25) is 0 Å². The van der Waals surface area contributed by atoms with Gasteiger partial charge in [-0.2, -0.15) is 0 Å². The van der Waals surface area contributed by atoms with E-state index in [4.69, 9.17) is 5.73 Å². The highest BCUT2D eigenvalue weighted by molar-refractivity contribution is 5.48. The lowest BCUT2D eigenvalue weighted by molar-refractivity contribution is 0.734. The summed E-state index contributed by atoms with van der Waals surface area (Å²) in [6.45, 7) is 4.16. The third-order valence-electron chi connectivity index (χ3n) is 3.09. The molecule has 2 N–H and O–H groups in total. The summed E-state index contributed by atoms with van der Waals surface area (Å²) >= 11 is 0. The van der Waals surface area contributed by atoms with Crippen LogP contribution in [-0.4, -0.2) is 24.1 Å². The van der Waals surface area contributed by atoms with Crippen molar-refractivity contribution in [1.82, 2.24) is 4.98 Å². The Hall–Kier alpha value is -1.09. The van der Waals surface area contributed by atoms with Crippen molar-refractivity contribution in [2.24, 2.45) is 5.73 Å². The molecule has 2 rings (SSSR count). The summed E-state index contributed by atoms with van der Waals surface area (Å²) in [5.41, 5.74) is 8.29. The average molecular weight is 219 g/mol. The van der Waals surface area contributed by atoms with Gasteiger partial charge in [0.15, 0.2) is 0 Å². The van der Waals surface area contributed by atoms with Crippen LogP contribution in [0.25, 0.3) is 0 Å². The summed E-state index contributed by atoms with van der Waals surface area (Å²) < 4.78 is 0. The first-order valence-corrected chi connectivity index (χ1v) is 6.02. The number of anilines is 1. The number of rotatable bonds is 4. The molecule has 1 fully saturated rings. The van der Waals surface area contributed by atoms with E-state index in [1.54, 1.807) is 0 Å². The Morgan fingerprint density at radius 2 is 2.25 bits per heavy atom. The summed E-state index contributed by atoms with van der Waals surface area (Å²) in [6.07, 6.45) is 5.48. The van der Waals surface area contributed by atoms with Crippen molar-refractivity contribution in [3.05, 3.63) is 23.4 Å². The molecule has 1 heterocycles. The summed E-state index contributed by atoms with van der Waals surface area (Å²) in [5.74, 6) is 1.12. The van der Waals surface area contributed by atoms with Crippen LogP contribution in [-0.2, 0) is 6.42 Å². The van der Waals surface area contributed by atoms with Gasteiger partial charge in [0.1, 0.15) is 5.82 Å². The minimum Gasteiger partial charge on any atom is -0.356 e. The van der Waals surface area contributed by atoms with Gasteiger partial charge in [0.25, 0.3) is 0 Å². The molecule has 1 aliphatic rings. The second-order valence-electron chi connectivity index (χ2n) is 5.01. The van der Waals surface area contributed by atoms with Crippen molar-refractivity contribution in [2.75, 3.05) is 11.9 Å².